The van der Waals surface area contributed by atoms with E-state index in [1.165, 1.54) is 0 Å². The van der Waals surface area contributed by atoms with Crippen LogP contribution in [-0.2, 0) is 0 Å². The molecule has 0 fully saturated rings. The molecule has 0 aromatic carbocycles. The molecular formula is C11H19N. The maximum atomic E-state index is 7.23. The van der Waals surface area contributed by atoms with Gasteiger partial charge in [-0.05, 0) is 25.0 Å². The molecule has 1 N–H and O–H groups in total. The highest BCUT2D eigenvalue weighted by molar-refractivity contribution is 5.99. The van der Waals surface area contributed by atoms with Crippen molar-refractivity contribution in [2.24, 2.45) is 0 Å². The Kier molecular flexibility index (Phi) is 8.98. The summed E-state index contributed by atoms with van der Waals surface area (Å²) in [6.45, 7) is 14.9. The minimum atomic E-state index is 0.510. The fourth-order valence-electron chi connectivity index (χ4n) is 0.573. The van der Waals surface area contributed by atoms with Crippen LogP contribution in [-0.4, -0.2) is 5.71 Å². The Morgan fingerprint density at radius 1 is 1.25 bits per heavy atom. The average molecular weight is 165 g/mol. The van der Waals surface area contributed by atoms with Gasteiger partial charge >= 0.3 is 0 Å². The topological polar surface area (TPSA) is 23.9 Å². The second-order valence-electron chi connectivity index (χ2n) is 2.19. The van der Waals surface area contributed by atoms with Crippen LogP contribution in [0.1, 0.15) is 27.7 Å². The summed E-state index contributed by atoms with van der Waals surface area (Å²) in [5, 5.41) is 7.23. The van der Waals surface area contributed by atoms with Crippen LogP contribution >= 0.6 is 0 Å². The number of allylic oxidation sites excluding steroid dienone is 4. The Balaban J connectivity index is 0. The number of hydrogen-bond acceptors (Lipinski definition) is 1. The molecule has 1 nitrogen and oxygen atoms in total. The standard InChI is InChI=1S/C9H13N.C2H6/c1-5-6-7(2)8(3)9(4)10;1-2/h5-6,10H,1,3H2,2,4H3;1-2H3/b7-6-,10-9?;. The predicted molar refractivity (Wildman–Crippen MR) is 57.8 cm³/mol. The molecule has 0 aliphatic rings. The van der Waals surface area contributed by atoms with Gasteiger partial charge in [0, 0.05) is 5.71 Å². The smallest absolute Gasteiger partial charge is 0.0351 e. The third-order valence-electron chi connectivity index (χ3n) is 1.30. The zero-order valence-corrected chi connectivity index (χ0v) is 8.57. The first-order chi connectivity index (χ1) is 5.59. The Bertz CT molecular complexity index is 197. The fourth-order valence-corrected chi connectivity index (χ4v) is 0.573. The average Bonchev–Trinajstić information content (AvgIpc) is 2.07. The first-order valence-corrected chi connectivity index (χ1v) is 4.13. The highest BCUT2D eigenvalue weighted by atomic mass is 14.4. The normalized spacial score (nSPS) is 9.50. The van der Waals surface area contributed by atoms with Crippen molar-refractivity contribution in [3.8, 4) is 0 Å². The molecule has 0 aromatic heterocycles. The van der Waals surface area contributed by atoms with Crippen molar-refractivity contribution in [2.75, 3.05) is 0 Å². The molecule has 0 bridgehead atoms. The summed E-state index contributed by atoms with van der Waals surface area (Å²) in [7, 11) is 0. The van der Waals surface area contributed by atoms with Crippen LogP contribution in [0.4, 0.5) is 0 Å². The van der Waals surface area contributed by atoms with Gasteiger partial charge in [0.05, 0.1) is 0 Å². The predicted octanol–water partition coefficient (Wildman–Crippen LogP) is 3.74. The van der Waals surface area contributed by atoms with Gasteiger partial charge in [-0.1, -0.05) is 39.2 Å². The Morgan fingerprint density at radius 3 is 1.92 bits per heavy atom. The monoisotopic (exact) mass is 165 g/mol. The van der Waals surface area contributed by atoms with E-state index in [1.54, 1.807) is 13.0 Å². The van der Waals surface area contributed by atoms with Crippen LogP contribution < -0.4 is 0 Å². The molecule has 0 aliphatic carbocycles. The molecule has 0 radical (unpaired) electrons. The maximum absolute atomic E-state index is 7.23. The van der Waals surface area contributed by atoms with Crippen molar-refractivity contribution >= 4 is 5.71 Å². The van der Waals surface area contributed by atoms with Gasteiger partial charge in [0.1, 0.15) is 0 Å². The Hall–Kier alpha value is -1.11. The lowest BCUT2D eigenvalue weighted by molar-refractivity contribution is 1.40. The largest absolute Gasteiger partial charge is 0.305 e. The van der Waals surface area contributed by atoms with Gasteiger partial charge in [0.25, 0.3) is 0 Å². The van der Waals surface area contributed by atoms with Gasteiger partial charge in [-0.2, -0.15) is 0 Å². The van der Waals surface area contributed by atoms with Crippen LogP contribution in [0.5, 0.6) is 0 Å². The van der Waals surface area contributed by atoms with Crippen molar-refractivity contribution in [1.29, 1.82) is 5.41 Å². The first-order valence-electron chi connectivity index (χ1n) is 4.13. The molecule has 68 valence electrons. The number of rotatable bonds is 3. The maximum Gasteiger partial charge on any atom is 0.0351 e. The molecule has 12 heavy (non-hydrogen) atoms. The summed E-state index contributed by atoms with van der Waals surface area (Å²) in [6.07, 6.45) is 3.55. The van der Waals surface area contributed by atoms with Crippen LogP contribution in [0.2, 0.25) is 0 Å². The Labute approximate surface area is 76.0 Å². The highest BCUT2D eigenvalue weighted by Gasteiger charge is 1.96. The first kappa shape index (κ1) is 13.5. The second kappa shape index (κ2) is 7.99. The zero-order chi connectivity index (χ0) is 10.1. The van der Waals surface area contributed by atoms with Crippen molar-refractivity contribution in [3.63, 3.8) is 0 Å². The lowest BCUT2D eigenvalue weighted by Gasteiger charge is -2.00. The van der Waals surface area contributed by atoms with E-state index in [9.17, 15) is 0 Å². The molecule has 0 atom stereocenters. The third-order valence-corrected chi connectivity index (χ3v) is 1.30. The second-order valence-corrected chi connectivity index (χ2v) is 2.19. The molecule has 0 saturated carbocycles. The molecule has 0 amide bonds. The lowest BCUT2D eigenvalue weighted by atomic mass is 10.1. The molecule has 0 rings (SSSR count). The molecule has 0 heterocycles. The van der Waals surface area contributed by atoms with Gasteiger partial charge in [-0.15, -0.1) is 0 Å². The van der Waals surface area contributed by atoms with Gasteiger partial charge in [-0.25, -0.2) is 0 Å². The summed E-state index contributed by atoms with van der Waals surface area (Å²) < 4.78 is 0. The summed E-state index contributed by atoms with van der Waals surface area (Å²) in [6, 6.07) is 0. The van der Waals surface area contributed by atoms with Crippen molar-refractivity contribution in [2.45, 2.75) is 27.7 Å². The molecular weight excluding hydrogens is 146 g/mol. The lowest BCUT2D eigenvalue weighted by Crippen LogP contribution is -1.93. The molecule has 1 heteroatoms. The quantitative estimate of drug-likeness (QED) is 0.486. The fraction of sp³-hybridized carbons (Fsp3) is 0.364. The van der Waals surface area contributed by atoms with Gasteiger partial charge in [0.2, 0.25) is 0 Å². The van der Waals surface area contributed by atoms with E-state index >= 15 is 0 Å². The summed E-state index contributed by atoms with van der Waals surface area (Å²) in [5.74, 6) is 0. The van der Waals surface area contributed by atoms with Gasteiger partial charge < -0.3 is 5.41 Å². The van der Waals surface area contributed by atoms with Crippen molar-refractivity contribution in [3.05, 3.63) is 36.5 Å². The van der Waals surface area contributed by atoms with Gasteiger partial charge in [0.15, 0.2) is 0 Å². The molecule has 0 saturated heterocycles. The minimum Gasteiger partial charge on any atom is -0.305 e. The third kappa shape index (κ3) is 5.66. The van der Waals surface area contributed by atoms with Crippen LogP contribution in [0.3, 0.4) is 0 Å². The summed E-state index contributed by atoms with van der Waals surface area (Å²) in [5.41, 5.74) is 2.29. The Morgan fingerprint density at radius 2 is 1.67 bits per heavy atom. The number of hydrogen-bond donors (Lipinski definition) is 1. The van der Waals surface area contributed by atoms with Crippen LogP contribution in [0, 0.1) is 5.41 Å². The van der Waals surface area contributed by atoms with E-state index in [0.717, 1.165) is 11.1 Å². The van der Waals surface area contributed by atoms with E-state index in [-0.39, 0.29) is 0 Å². The molecule has 0 aromatic rings. The van der Waals surface area contributed by atoms with Gasteiger partial charge in [-0.3, -0.25) is 0 Å². The summed E-state index contributed by atoms with van der Waals surface area (Å²) >= 11 is 0. The number of nitrogens with one attached hydrogen (secondary N) is 1. The van der Waals surface area contributed by atoms with E-state index in [2.05, 4.69) is 13.2 Å². The van der Waals surface area contributed by atoms with Crippen LogP contribution in [0.25, 0.3) is 0 Å². The van der Waals surface area contributed by atoms with Crippen molar-refractivity contribution < 1.29 is 0 Å². The molecule has 0 unspecified atom stereocenters. The molecule has 0 spiro atoms. The van der Waals surface area contributed by atoms with E-state index < -0.39 is 0 Å². The van der Waals surface area contributed by atoms with Crippen molar-refractivity contribution in [1.82, 2.24) is 0 Å². The van der Waals surface area contributed by atoms with E-state index in [0.29, 0.717) is 5.71 Å². The van der Waals surface area contributed by atoms with E-state index in [4.69, 9.17) is 5.41 Å². The van der Waals surface area contributed by atoms with Crippen LogP contribution in [0.15, 0.2) is 36.5 Å². The van der Waals surface area contributed by atoms with E-state index in [1.807, 2.05) is 26.8 Å². The minimum absolute atomic E-state index is 0.510. The highest BCUT2D eigenvalue weighted by Crippen LogP contribution is 2.06. The SMILES string of the molecule is C=C/C=C(/C)C(=C)C(C)=N.CC. The summed E-state index contributed by atoms with van der Waals surface area (Å²) in [4.78, 5) is 0. The zero-order valence-electron chi connectivity index (χ0n) is 8.57. The molecule has 0 aliphatic heterocycles.